The summed E-state index contributed by atoms with van der Waals surface area (Å²) in [7, 11) is 0. The third kappa shape index (κ3) is 4.61. The fourth-order valence-electron chi connectivity index (χ4n) is 2.84. The number of morpholine rings is 1. The fourth-order valence-corrected chi connectivity index (χ4v) is 2.84. The maximum Gasteiger partial charge on any atom is 0.319 e. The van der Waals surface area contributed by atoms with Crippen molar-refractivity contribution in [1.82, 2.24) is 10.2 Å². The Labute approximate surface area is 153 Å². The summed E-state index contributed by atoms with van der Waals surface area (Å²) in [5.41, 5.74) is 2.28. The van der Waals surface area contributed by atoms with Crippen molar-refractivity contribution in [2.45, 2.75) is 19.5 Å². The molecule has 1 fully saturated rings. The molecule has 1 saturated heterocycles. The summed E-state index contributed by atoms with van der Waals surface area (Å²) in [5.74, 6) is -0.0131. The molecule has 3 rings (SSSR count). The van der Waals surface area contributed by atoms with Crippen LogP contribution in [0.25, 0.3) is 0 Å². The van der Waals surface area contributed by atoms with Gasteiger partial charge in [0.05, 0.1) is 19.3 Å². The van der Waals surface area contributed by atoms with E-state index in [9.17, 15) is 9.59 Å². The van der Waals surface area contributed by atoms with E-state index in [4.69, 9.17) is 4.74 Å². The van der Waals surface area contributed by atoms with Crippen LogP contribution in [-0.2, 0) is 11.3 Å². The second-order valence-corrected chi connectivity index (χ2v) is 6.29. The van der Waals surface area contributed by atoms with Gasteiger partial charge >= 0.3 is 6.03 Å². The molecule has 1 aliphatic heterocycles. The first-order valence-electron chi connectivity index (χ1n) is 8.71. The number of carbonyl (C=O) groups is 2. The Balaban J connectivity index is 1.53. The third-order valence-corrected chi connectivity index (χ3v) is 4.31. The Bertz CT molecular complexity index is 747. The van der Waals surface area contributed by atoms with E-state index < -0.39 is 0 Å². The topological polar surface area (TPSA) is 70.7 Å². The van der Waals surface area contributed by atoms with Crippen molar-refractivity contribution in [3.63, 3.8) is 0 Å². The van der Waals surface area contributed by atoms with Crippen molar-refractivity contribution >= 4 is 17.6 Å². The van der Waals surface area contributed by atoms with Gasteiger partial charge in [-0.1, -0.05) is 30.3 Å². The summed E-state index contributed by atoms with van der Waals surface area (Å²) in [6, 6.07) is 16.4. The van der Waals surface area contributed by atoms with Gasteiger partial charge in [0, 0.05) is 24.3 Å². The maximum absolute atomic E-state index is 12.6. The second-order valence-electron chi connectivity index (χ2n) is 6.29. The number of benzene rings is 2. The molecule has 1 atom stereocenters. The van der Waals surface area contributed by atoms with E-state index in [1.807, 2.05) is 42.2 Å². The quantitative estimate of drug-likeness (QED) is 0.888. The summed E-state index contributed by atoms with van der Waals surface area (Å²) >= 11 is 0. The van der Waals surface area contributed by atoms with Gasteiger partial charge in [-0.3, -0.25) is 4.79 Å². The Morgan fingerprint density at radius 2 is 1.85 bits per heavy atom. The molecule has 0 spiro atoms. The van der Waals surface area contributed by atoms with Crippen LogP contribution < -0.4 is 10.6 Å². The van der Waals surface area contributed by atoms with Crippen LogP contribution in [0.15, 0.2) is 54.6 Å². The number of amides is 3. The predicted octanol–water partition coefficient (Wildman–Crippen LogP) is 2.87. The van der Waals surface area contributed by atoms with Crippen molar-refractivity contribution in [3.8, 4) is 0 Å². The molecule has 3 amide bonds. The van der Waals surface area contributed by atoms with Crippen molar-refractivity contribution in [2.24, 2.45) is 0 Å². The largest absolute Gasteiger partial charge is 0.377 e. The lowest BCUT2D eigenvalue weighted by atomic mass is 10.1. The predicted molar refractivity (Wildman–Crippen MR) is 100 cm³/mol. The monoisotopic (exact) mass is 353 g/mol. The smallest absolute Gasteiger partial charge is 0.319 e. The molecule has 0 radical (unpaired) electrons. The van der Waals surface area contributed by atoms with Crippen molar-refractivity contribution in [1.29, 1.82) is 0 Å². The van der Waals surface area contributed by atoms with E-state index >= 15 is 0 Å². The van der Waals surface area contributed by atoms with Gasteiger partial charge in [0.1, 0.15) is 0 Å². The molecule has 0 aliphatic carbocycles. The number of urea groups is 1. The molecule has 1 unspecified atom stereocenters. The van der Waals surface area contributed by atoms with Gasteiger partial charge in [-0.15, -0.1) is 0 Å². The maximum atomic E-state index is 12.6. The summed E-state index contributed by atoms with van der Waals surface area (Å²) in [6.07, 6.45) is 0. The van der Waals surface area contributed by atoms with Crippen molar-refractivity contribution < 1.29 is 14.3 Å². The standard InChI is InChI=1S/C20H23N3O3/c1-15-14-26-12-11-23(15)19(24)17-7-9-18(10-8-17)22-20(25)21-13-16-5-3-2-4-6-16/h2-10,15H,11-14H2,1H3,(H2,21,22,25). The molecule has 0 saturated carbocycles. The average Bonchev–Trinajstić information content (AvgIpc) is 2.68. The minimum Gasteiger partial charge on any atom is -0.377 e. The first-order chi connectivity index (χ1) is 12.6. The van der Waals surface area contributed by atoms with Crippen LogP contribution in [0.2, 0.25) is 0 Å². The molecular weight excluding hydrogens is 330 g/mol. The molecule has 0 aromatic heterocycles. The molecule has 2 aromatic carbocycles. The van der Waals surface area contributed by atoms with Crippen LogP contribution in [0.3, 0.4) is 0 Å². The lowest BCUT2D eigenvalue weighted by Crippen LogP contribution is -2.47. The highest BCUT2D eigenvalue weighted by Crippen LogP contribution is 2.15. The number of nitrogens with zero attached hydrogens (tertiary/aromatic N) is 1. The number of carbonyl (C=O) groups excluding carboxylic acids is 2. The van der Waals surface area contributed by atoms with E-state index in [-0.39, 0.29) is 18.0 Å². The van der Waals surface area contributed by atoms with Gasteiger partial charge in [0.2, 0.25) is 0 Å². The van der Waals surface area contributed by atoms with Gasteiger partial charge in [-0.2, -0.15) is 0 Å². The second kappa shape index (κ2) is 8.49. The summed E-state index contributed by atoms with van der Waals surface area (Å²) in [4.78, 5) is 26.4. The van der Waals surface area contributed by atoms with Gasteiger partial charge in [-0.25, -0.2) is 4.79 Å². The van der Waals surface area contributed by atoms with Crippen LogP contribution >= 0.6 is 0 Å². The highest BCUT2D eigenvalue weighted by Gasteiger charge is 2.24. The molecule has 26 heavy (non-hydrogen) atoms. The van der Waals surface area contributed by atoms with Gasteiger partial charge in [0.25, 0.3) is 5.91 Å². The lowest BCUT2D eigenvalue weighted by Gasteiger charge is -2.33. The van der Waals surface area contributed by atoms with E-state index in [0.29, 0.717) is 37.6 Å². The lowest BCUT2D eigenvalue weighted by molar-refractivity contribution is 0.00359. The minimum atomic E-state index is -0.283. The molecule has 2 N–H and O–H groups in total. The van der Waals surface area contributed by atoms with Gasteiger partial charge < -0.3 is 20.3 Å². The van der Waals surface area contributed by atoms with Crippen LogP contribution in [0.1, 0.15) is 22.8 Å². The highest BCUT2D eigenvalue weighted by atomic mass is 16.5. The fraction of sp³-hybridized carbons (Fsp3) is 0.300. The number of nitrogens with one attached hydrogen (secondary N) is 2. The van der Waals surface area contributed by atoms with E-state index in [1.165, 1.54) is 0 Å². The Hall–Kier alpha value is -2.86. The average molecular weight is 353 g/mol. The van der Waals surface area contributed by atoms with E-state index in [0.717, 1.165) is 5.56 Å². The molecule has 1 aliphatic rings. The van der Waals surface area contributed by atoms with Crippen LogP contribution in [0, 0.1) is 0 Å². The molecule has 136 valence electrons. The summed E-state index contributed by atoms with van der Waals surface area (Å²) < 4.78 is 5.37. The minimum absolute atomic E-state index is 0.0131. The number of hydrogen-bond donors (Lipinski definition) is 2. The summed E-state index contributed by atoms with van der Waals surface area (Å²) in [5, 5.41) is 5.57. The molecule has 0 bridgehead atoms. The van der Waals surface area contributed by atoms with Crippen molar-refractivity contribution in [3.05, 3.63) is 65.7 Å². The van der Waals surface area contributed by atoms with E-state index in [1.54, 1.807) is 24.3 Å². The SMILES string of the molecule is CC1COCCN1C(=O)c1ccc(NC(=O)NCc2ccccc2)cc1. The third-order valence-electron chi connectivity index (χ3n) is 4.31. The highest BCUT2D eigenvalue weighted by molar-refractivity contribution is 5.95. The van der Waals surface area contributed by atoms with Crippen LogP contribution in [0.5, 0.6) is 0 Å². The Morgan fingerprint density at radius 1 is 1.12 bits per heavy atom. The van der Waals surface area contributed by atoms with Crippen LogP contribution in [0.4, 0.5) is 10.5 Å². The zero-order chi connectivity index (χ0) is 18.4. The Kier molecular flexibility index (Phi) is 5.86. The number of ether oxygens (including phenoxy) is 1. The molecule has 2 aromatic rings. The van der Waals surface area contributed by atoms with Gasteiger partial charge in [0.15, 0.2) is 0 Å². The molecule has 1 heterocycles. The number of hydrogen-bond acceptors (Lipinski definition) is 3. The number of rotatable bonds is 4. The zero-order valence-corrected chi connectivity index (χ0v) is 14.8. The first kappa shape index (κ1) is 17.9. The number of anilines is 1. The van der Waals surface area contributed by atoms with Gasteiger partial charge in [-0.05, 0) is 36.8 Å². The van der Waals surface area contributed by atoms with Crippen LogP contribution in [-0.4, -0.2) is 42.6 Å². The molecule has 6 nitrogen and oxygen atoms in total. The van der Waals surface area contributed by atoms with Crippen molar-refractivity contribution in [2.75, 3.05) is 25.1 Å². The zero-order valence-electron chi connectivity index (χ0n) is 14.8. The summed E-state index contributed by atoms with van der Waals surface area (Å²) in [6.45, 7) is 4.16. The van der Waals surface area contributed by atoms with E-state index in [2.05, 4.69) is 10.6 Å². The first-order valence-corrected chi connectivity index (χ1v) is 8.71. The normalized spacial score (nSPS) is 16.8. The molecule has 6 heteroatoms. The molecular formula is C20H23N3O3. The Morgan fingerprint density at radius 3 is 2.54 bits per heavy atom.